The molecule has 13 heavy (non-hydrogen) atoms. The maximum absolute atomic E-state index is 5.67. The van der Waals surface area contributed by atoms with Crippen molar-refractivity contribution >= 4 is 21.7 Å². The summed E-state index contributed by atoms with van der Waals surface area (Å²) >= 11 is 3.40. The van der Waals surface area contributed by atoms with Crippen LogP contribution < -0.4 is 10.1 Å². The van der Waals surface area contributed by atoms with Gasteiger partial charge in [-0.05, 0) is 28.8 Å². The minimum atomic E-state index is 0.420. The van der Waals surface area contributed by atoms with Crippen LogP contribution >= 0.6 is 15.9 Å². The van der Waals surface area contributed by atoms with Gasteiger partial charge in [-0.25, -0.2) is 4.98 Å². The van der Waals surface area contributed by atoms with Crippen molar-refractivity contribution in [1.29, 1.82) is 0 Å². The average molecular weight is 243 g/mol. The van der Waals surface area contributed by atoms with Crippen LogP contribution in [0.1, 0.15) is 12.8 Å². The Bertz CT molecular complexity index is 312. The lowest BCUT2D eigenvalue weighted by Gasteiger charge is -2.07. The summed E-state index contributed by atoms with van der Waals surface area (Å²) in [5.74, 6) is 1.71. The lowest BCUT2D eigenvalue weighted by Crippen LogP contribution is -1.99. The molecule has 0 atom stereocenters. The maximum Gasteiger partial charge on any atom is 0.139 e. The molecular formula is C9H11BrN2O. The molecule has 0 aliphatic heterocycles. The highest BCUT2D eigenvalue weighted by atomic mass is 79.9. The molecule has 1 aromatic heterocycles. The van der Waals surface area contributed by atoms with Crippen LogP contribution in [0.15, 0.2) is 16.7 Å². The van der Waals surface area contributed by atoms with E-state index >= 15 is 0 Å². The van der Waals surface area contributed by atoms with Gasteiger partial charge in [-0.15, -0.1) is 0 Å². The van der Waals surface area contributed by atoms with Gasteiger partial charge < -0.3 is 10.1 Å². The first-order valence-electron chi connectivity index (χ1n) is 4.29. The number of pyridine rings is 1. The fourth-order valence-electron chi connectivity index (χ4n) is 1.01. The summed E-state index contributed by atoms with van der Waals surface area (Å²) in [7, 11) is 1.84. The second kappa shape index (κ2) is 3.54. The molecule has 1 aliphatic carbocycles. The summed E-state index contributed by atoms with van der Waals surface area (Å²) in [5, 5.41) is 2.98. The summed E-state index contributed by atoms with van der Waals surface area (Å²) in [6, 6.07) is 1.91. The second-order valence-corrected chi connectivity index (χ2v) is 3.92. The van der Waals surface area contributed by atoms with Crippen LogP contribution in [0.5, 0.6) is 5.75 Å². The SMILES string of the molecule is CNc1cc(OC2CC2)c(Br)cn1. The molecule has 3 nitrogen and oxygen atoms in total. The van der Waals surface area contributed by atoms with Gasteiger partial charge in [0.1, 0.15) is 11.6 Å². The maximum atomic E-state index is 5.67. The number of rotatable bonds is 3. The zero-order chi connectivity index (χ0) is 9.26. The molecule has 0 aromatic carbocycles. The van der Waals surface area contributed by atoms with Gasteiger partial charge in [0.25, 0.3) is 0 Å². The van der Waals surface area contributed by atoms with E-state index in [1.807, 2.05) is 13.1 Å². The van der Waals surface area contributed by atoms with Crippen LogP contribution in [0, 0.1) is 0 Å². The third-order valence-corrected chi connectivity index (χ3v) is 2.49. The fraction of sp³-hybridized carbons (Fsp3) is 0.444. The highest BCUT2D eigenvalue weighted by molar-refractivity contribution is 9.10. The molecule has 70 valence electrons. The van der Waals surface area contributed by atoms with E-state index in [-0.39, 0.29) is 0 Å². The number of hydrogen-bond donors (Lipinski definition) is 1. The molecular weight excluding hydrogens is 232 g/mol. The summed E-state index contributed by atoms with van der Waals surface area (Å²) < 4.78 is 6.59. The Morgan fingerprint density at radius 1 is 1.62 bits per heavy atom. The predicted molar refractivity (Wildman–Crippen MR) is 55.1 cm³/mol. The van der Waals surface area contributed by atoms with Crippen molar-refractivity contribution in [3.05, 3.63) is 16.7 Å². The van der Waals surface area contributed by atoms with Crippen molar-refractivity contribution in [1.82, 2.24) is 4.98 Å². The third-order valence-electron chi connectivity index (χ3n) is 1.89. The molecule has 0 amide bonds. The molecule has 1 fully saturated rings. The molecule has 0 saturated heterocycles. The molecule has 0 unspecified atom stereocenters. The Labute approximate surface area is 85.6 Å². The first kappa shape index (κ1) is 8.81. The Morgan fingerprint density at radius 3 is 3.00 bits per heavy atom. The van der Waals surface area contributed by atoms with Crippen LogP contribution in [0.25, 0.3) is 0 Å². The van der Waals surface area contributed by atoms with Crippen LogP contribution in [0.4, 0.5) is 5.82 Å². The second-order valence-electron chi connectivity index (χ2n) is 3.07. The van der Waals surface area contributed by atoms with E-state index in [9.17, 15) is 0 Å². The van der Waals surface area contributed by atoms with Gasteiger partial charge in [-0.2, -0.15) is 0 Å². The van der Waals surface area contributed by atoms with Gasteiger partial charge >= 0.3 is 0 Å². The highest BCUT2D eigenvalue weighted by Gasteiger charge is 2.24. The number of hydrogen-bond acceptors (Lipinski definition) is 3. The molecule has 1 N–H and O–H groups in total. The van der Waals surface area contributed by atoms with Gasteiger partial charge in [0, 0.05) is 19.3 Å². The minimum Gasteiger partial charge on any atom is -0.489 e. The van der Waals surface area contributed by atoms with Crippen molar-refractivity contribution in [3.8, 4) is 5.75 Å². The van der Waals surface area contributed by atoms with Crippen molar-refractivity contribution < 1.29 is 4.74 Å². The molecule has 1 aromatic rings. The lowest BCUT2D eigenvalue weighted by atomic mass is 10.4. The Balaban J connectivity index is 2.19. The van der Waals surface area contributed by atoms with Gasteiger partial charge in [0.05, 0.1) is 10.6 Å². The average Bonchev–Trinajstić information content (AvgIpc) is 2.93. The van der Waals surface area contributed by atoms with Gasteiger partial charge in [-0.1, -0.05) is 0 Å². The topological polar surface area (TPSA) is 34.1 Å². The molecule has 1 heterocycles. The van der Waals surface area contributed by atoms with Crippen LogP contribution in [0.2, 0.25) is 0 Å². The third kappa shape index (κ3) is 2.12. The normalized spacial score (nSPS) is 15.5. The van der Waals surface area contributed by atoms with E-state index in [0.717, 1.165) is 16.0 Å². The number of ether oxygens (including phenoxy) is 1. The number of nitrogens with zero attached hydrogens (tertiary/aromatic N) is 1. The zero-order valence-corrected chi connectivity index (χ0v) is 8.97. The monoisotopic (exact) mass is 242 g/mol. The van der Waals surface area contributed by atoms with Crippen LogP contribution in [-0.2, 0) is 0 Å². The van der Waals surface area contributed by atoms with Gasteiger partial charge in [0.15, 0.2) is 0 Å². The van der Waals surface area contributed by atoms with E-state index in [2.05, 4.69) is 26.2 Å². The molecule has 1 aliphatic rings. The van der Waals surface area contributed by atoms with E-state index < -0.39 is 0 Å². The first-order chi connectivity index (χ1) is 6.29. The van der Waals surface area contributed by atoms with Crippen molar-refractivity contribution in [3.63, 3.8) is 0 Å². The Kier molecular flexibility index (Phi) is 2.40. The summed E-state index contributed by atoms with van der Waals surface area (Å²) in [6.45, 7) is 0. The van der Waals surface area contributed by atoms with Crippen molar-refractivity contribution in [2.45, 2.75) is 18.9 Å². The van der Waals surface area contributed by atoms with Crippen molar-refractivity contribution in [2.75, 3.05) is 12.4 Å². The van der Waals surface area contributed by atoms with Gasteiger partial charge in [-0.3, -0.25) is 0 Å². The quantitative estimate of drug-likeness (QED) is 0.885. The van der Waals surface area contributed by atoms with Crippen LogP contribution in [0.3, 0.4) is 0 Å². The van der Waals surface area contributed by atoms with Crippen molar-refractivity contribution in [2.24, 2.45) is 0 Å². The largest absolute Gasteiger partial charge is 0.489 e. The molecule has 4 heteroatoms. The number of aromatic nitrogens is 1. The van der Waals surface area contributed by atoms with E-state index in [0.29, 0.717) is 6.10 Å². The van der Waals surface area contributed by atoms with Crippen LogP contribution in [-0.4, -0.2) is 18.1 Å². The summed E-state index contributed by atoms with van der Waals surface area (Å²) in [4.78, 5) is 4.15. The highest BCUT2D eigenvalue weighted by Crippen LogP contribution is 2.32. The summed E-state index contributed by atoms with van der Waals surface area (Å²) in [5.41, 5.74) is 0. The number of nitrogens with one attached hydrogen (secondary N) is 1. The molecule has 0 bridgehead atoms. The number of halogens is 1. The lowest BCUT2D eigenvalue weighted by molar-refractivity contribution is 0.301. The predicted octanol–water partition coefficient (Wildman–Crippen LogP) is 2.43. The molecule has 1 saturated carbocycles. The first-order valence-corrected chi connectivity index (χ1v) is 5.09. The Hall–Kier alpha value is -0.770. The number of anilines is 1. The molecule has 0 spiro atoms. The summed E-state index contributed by atoms with van der Waals surface area (Å²) in [6.07, 6.45) is 4.51. The fourth-order valence-corrected chi connectivity index (χ4v) is 1.32. The standard InChI is InChI=1S/C9H11BrN2O/c1-11-9-4-8(7(10)5-12-9)13-6-2-3-6/h4-6H,2-3H2,1H3,(H,11,12). The Morgan fingerprint density at radius 2 is 2.38 bits per heavy atom. The van der Waals surface area contributed by atoms with Gasteiger partial charge in [0.2, 0.25) is 0 Å². The molecule has 0 radical (unpaired) electrons. The minimum absolute atomic E-state index is 0.420. The van der Waals surface area contributed by atoms with E-state index in [1.54, 1.807) is 6.20 Å². The smallest absolute Gasteiger partial charge is 0.139 e. The van der Waals surface area contributed by atoms with E-state index in [4.69, 9.17) is 4.74 Å². The molecule has 2 rings (SSSR count). The van der Waals surface area contributed by atoms with E-state index in [1.165, 1.54) is 12.8 Å². The zero-order valence-electron chi connectivity index (χ0n) is 7.38.